The van der Waals surface area contributed by atoms with Crippen molar-refractivity contribution in [2.45, 2.75) is 44.7 Å². The first kappa shape index (κ1) is 15.5. The van der Waals surface area contributed by atoms with Crippen molar-refractivity contribution in [3.63, 3.8) is 0 Å². The normalized spacial score (nSPS) is 21.2. The van der Waals surface area contributed by atoms with Crippen LogP contribution in [0.3, 0.4) is 0 Å². The molecule has 0 aromatic heterocycles. The molecule has 1 fully saturated rings. The first-order valence-electron chi connectivity index (χ1n) is 7.21. The molecule has 0 bridgehead atoms. The van der Waals surface area contributed by atoms with Gasteiger partial charge in [0.05, 0.1) is 0 Å². The zero-order valence-corrected chi connectivity index (χ0v) is 12.1. The molecule has 6 heteroatoms. The van der Waals surface area contributed by atoms with Gasteiger partial charge in [0.25, 0.3) is 0 Å². The minimum Gasteiger partial charge on any atom is -0.481 e. The number of hydrazine groups is 1. The van der Waals surface area contributed by atoms with Crippen LogP contribution >= 0.6 is 0 Å². The van der Waals surface area contributed by atoms with Crippen LogP contribution in [0.1, 0.15) is 31.7 Å². The number of amides is 1. The zero-order valence-electron chi connectivity index (χ0n) is 12.1. The number of anilines is 1. The number of aryl methyl sites for hydroxylation is 1. The second-order valence-corrected chi connectivity index (χ2v) is 5.26. The lowest BCUT2D eigenvalue weighted by molar-refractivity contribution is -0.137. The van der Waals surface area contributed by atoms with Crippen molar-refractivity contribution in [2.24, 2.45) is 0 Å². The van der Waals surface area contributed by atoms with Crippen LogP contribution in [0.15, 0.2) is 24.3 Å². The first-order chi connectivity index (χ1) is 10.1. The maximum Gasteiger partial charge on any atom is 0.303 e. The minimum absolute atomic E-state index is 0.0586. The van der Waals surface area contributed by atoms with Crippen LogP contribution in [0.25, 0.3) is 0 Å². The molecular formula is C15H21N3O3. The molecule has 4 N–H and O–H groups in total. The number of carbonyl (C=O) groups is 2. The van der Waals surface area contributed by atoms with E-state index in [1.165, 1.54) is 0 Å². The highest BCUT2D eigenvalue weighted by Crippen LogP contribution is 2.14. The summed E-state index contributed by atoms with van der Waals surface area (Å²) in [4.78, 5) is 22.6. The van der Waals surface area contributed by atoms with Gasteiger partial charge in [-0.05, 0) is 37.0 Å². The van der Waals surface area contributed by atoms with Crippen LogP contribution in [-0.4, -0.2) is 29.1 Å². The van der Waals surface area contributed by atoms with Gasteiger partial charge in [-0.25, -0.2) is 5.43 Å². The number of aliphatic carboxylic acids is 1. The van der Waals surface area contributed by atoms with Gasteiger partial charge in [0.2, 0.25) is 5.91 Å². The fraction of sp³-hybridized carbons (Fsp3) is 0.467. The molecule has 1 aliphatic rings. The number of hydrogen-bond donors (Lipinski definition) is 4. The average molecular weight is 291 g/mol. The second kappa shape index (κ2) is 7.19. The lowest BCUT2D eigenvalue weighted by atomic mass is 10.1. The third-order valence-corrected chi connectivity index (χ3v) is 3.64. The summed E-state index contributed by atoms with van der Waals surface area (Å²) in [5.41, 5.74) is 7.76. The predicted octanol–water partition coefficient (Wildman–Crippen LogP) is 1.29. The Morgan fingerprint density at radius 1 is 1.29 bits per heavy atom. The van der Waals surface area contributed by atoms with E-state index in [0.717, 1.165) is 24.1 Å². The highest BCUT2D eigenvalue weighted by molar-refractivity contribution is 5.95. The molecule has 114 valence electrons. The molecule has 1 amide bonds. The summed E-state index contributed by atoms with van der Waals surface area (Å²) in [7, 11) is 0. The largest absolute Gasteiger partial charge is 0.481 e. The SMILES string of the molecule is CCC1CC(C(=O)Nc2ccc(CCC(=O)O)cc2)NN1. The van der Waals surface area contributed by atoms with Gasteiger partial charge in [0.15, 0.2) is 0 Å². The molecular weight excluding hydrogens is 270 g/mol. The summed E-state index contributed by atoms with van der Waals surface area (Å²) in [5, 5.41) is 11.5. The van der Waals surface area contributed by atoms with Gasteiger partial charge in [-0.3, -0.25) is 15.0 Å². The molecule has 1 saturated heterocycles. The molecule has 6 nitrogen and oxygen atoms in total. The highest BCUT2D eigenvalue weighted by Gasteiger charge is 2.27. The van der Waals surface area contributed by atoms with Gasteiger partial charge in [0.1, 0.15) is 6.04 Å². The maximum absolute atomic E-state index is 12.1. The Hall–Kier alpha value is -1.92. The maximum atomic E-state index is 12.1. The average Bonchev–Trinajstić information content (AvgIpc) is 2.95. The molecule has 1 aromatic rings. The zero-order chi connectivity index (χ0) is 15.2. The first-order valence-corrected chi connectivity index (χ1v) is 7.21. The van der Waals surface area contributed by atoms with Crippen molar-refractivity contribution < 1.29 is 14.7 Å². The molecule has 21 heavy (non-hydrogen) atoms. The number of carboxylic acids is 1. The fourth-order valence-electron chi connectivity index (χ4n) is 2.30. The Labute approximate surface area is 123 Å². The lowest BCUT2D eigenvalue weighted by Gasteiger charge is -2.11. The van der Waals surface area contributed by atoms with Crippen molar-refractivity contribution in [3.05, 3.63) is 29.8 Å². The summed E-state index contributed by atoms with van der Waals surface area (Å²) in [6.45, 7) is 2.08. The molecule has 0 saturated carbocycles. The molecule has 0 aliphatic carbocycles. The Morgan fingerprint density at radius 2 is 2.00 bits per heavy atom. The molecule has 2 atom stereocenters. The van der Waals surface area contributed by atoms with Gasteiger partial charge in [0, 0.05) is 18.2 Å². The number of hydrogen-bond acceptors (Lipinski definition) is 4. The standard InChI is InChI=1S/C15H21N3O3/c1-2-11-9-13(18-17-11)15(21)16-12-6-3-10(4-7-12)5-8-14(19)20/h3-4,6-7,11,13,17-18H,2,5,8-9H2,1H3,(H,16,21)(H,19,20). The molecule has 1 aromatic carbocycles. The van der Waals surface area contributed by atoms with Gasteiger partial charge >= 0.3 is 5.97 Å². The Kier molecular flexibility index (Phi) is 5.30. The van der Waals surface area contributed by atoms with E-state index in [-0.39, 0.29) is 18.4 Å². The van der Waals surface area contributed by atoms with Gasteiger partial charge in [-0.1, -0.05) is 19.1 Å². The topological polar surface area (TPSA) is 90.5 Å². The number of carbonyl (C=O) groups excluding carboxylic acids is 1. The van der Waals surface area contributed by atoms with Crippen LogP contribution in [0.4, 0.5) is 5.69 Å². The van der Waals surface area contributed by atoms with Crippen molar-refractivity contribution in [1.29, 1.82) is 0 Å². The number of carboxylic acid groups (broad SMARTS) is 1. The van der Waals surface area contributed by atoms with Crippen LogP contribution in [0, 0.1) is 0 Å². The molecule has 2 rings (SSSR count). The Morgan fingerprint density at radius 3 is 2.57 bits per heavy atom. The summed E-state index contributed by atoms with van der Waals surface area (Å²) in [6, 6.07) is 7.39. The molecule has 0 radical (unpaired) electrons. The smallest absolute Gasteiger partial charge is 0.303 e. The van der Waals surface area contributed by atoms with Crippen LogP contribution in [-0.2, 0) is 16.0 Å². The Bertz CT molecular complexity index is 501. The Balaban J connectivity index is 1.85. The molecule has 2 unspecified atom stereocenters. The van der Waals surface area contributed by atoms with E-state index in [4.69, 9.17) is 5.11 Å². The van der Waals surface area contributed by atoms with E-state index in [1.54, 1.807) is 12.1 Å². The third kappa shape index (κ3) is 4.54. The van der Waals surface area contributed by atoms with E-state index in [1.807, 2.05) is 12.1 Å². The third-order valence-electron chi connectivity index (χ3n) is 3.64. The number of nitrogens with one attached hydrogen (secondary N) is 3. The van der Waals surface area contributed by atoms with Gasteiger partial charge in [-0.15, -0.1) is 0 Å². The summed E-state index contributed by atoms with van der Waals surface area (Å²) < 4.78 is 0. The number of rotatable bonds is 6. The van der Waals surface area contributed by atoms with Crippen molar-refractivity contribution in [1.82, 2.24) is 10.9 Å². The van der Waals surface area contributed by atoms with E-state index in [0.29, 0.717) is 12.5 Å². The summed E-state index contributed by atoms with van der Waals surface area (Å²) in [6.07, 6.45) is 2.37. The molecule has 1 aliphatic heterocycles. The quantitative estimate of drug-likeness (QED) is 0.634. The van der Waals surface area contributed by atoms with E-state index in [9.17, 15) is 9.59 Å². The number of benzene rings is 1. The monoisotopic (exact) mass is 291 g/mol. The molecule has 0 spiro atoms. The van der Waals surface area contributed by atoms with E-state index >= 15 is 0 Å². The lowest BCUT2D eigenvalue weighted by Crippen LogP contribution is -2.40. The summed E-state index contributed by atoms with van der Waals surface area (Å²) >= 11 is 0. The van der Waals surface area contributed by atoms with Crippen LogP contribution < -0.4 is 16.2 Å². The van der Waals surface area contributed by atoms with E-state index < -0.39 is 5.97 Å². The van der Waals surface area contributed by atoms with Gasteiger partial charge in [-0.2, -0.15) is 0 Å². The van der Waals surface area contributed by atoms with E-state index in [2.05, 4.69) is 23.1 Å². The van der Waals surface area contributed by atoms with Crippen LogP contribution in [0.2, 0.25) is 0 Å². The van der Waals surface area contributed by atoms with Crippen LogP contribution in [0.5, 0.6) is 0 Å². The highest BCUT2D eigenvalue weighted by atomic mass is 16.4. The second-order valence-electron chi connectivity index (χ2n) is 5.26. The minimum atomic E-state index is -0.808. The predicted molar refractivity (Wildman–Crippen MR) is 79.8 cm³/mol. The molecule has 1 heterocycles. The van der Waals surface area contributed by atoms with Crippen molar-refractivity contribution in [3.8, 4) is 0 Å². The summed E-state index contributed by atoms with van der Waals surface area (Å²) in [5.74, 6) is -0.866. The van der Waals surface area contributed by atoms with Crippen molar-refractivity contribution in [2.75, 3.05) is 5.32 Å². The fourth-order valence-corrected chi connectivity index (χ4v) is 2.30. The van der Waals surface area contributed by atoms with Gasteiger partial charge < -0.3 is 10.4 Å². The van der Waals surface area contributed by atoms with Crippen molar-refractivity contribution >= 4 is 17.6 Å².